The molecule has 2 atom stereocenters. The third-order valence-electron chi connectivity index (χ3n) is 16.4. The molecule has 0 amide bonds. The second-order valence-electron chi connectivity index (χ2n) is 24.1. The number of carbonyl (C=O) groups is 3. The minimum Gasteiger partial charge on any atom is -0.462 e. The van der Waals surface area contributed by atoms with Gasteiger partial charge in [-0.2, -0.15) is 0 Å². The van der Waals surface area contributed by atoms with E-state index in [0.29, 0.717) is 19.3 Å². The Balaban J connectivity index is 4.25. The predicted molar refractivity (Wildman–Crippen MR) is 326 cm³/mol. The molecular formula is C69H134O6. The molecule has 75 heavy (non-hydrogen) atoms. The number of hydrogen-bond acceptors (Lipinski definition) is 6. The van der Waals surface area contributed by atoms with Crippen LogP contribution in [0.25, 0.3) is 0 Å². The summed E-state index contributed by atoms with van der Waals surface area (Å²) >= 11 is 0. The van der Waals surface area contributed by atoms with Gasteiger partial charge in [-0.1, -0.05) is 362 Å². The largest absolute Gasteiger partial charge is 0.462 e. The molecule has 1 unspecified atom stereocenters. The third-order valence-corrected chi connectivity index (χ3v) is 16.4. The molecule has 0 N–H and O–H groups in total. The zero-order chi connectivity index (χ0) is 54.4. The van der Waals surface area contributed by atoms with Crippen molar-refractivity contribution < 1.29 is 28.6 Å². The first-order valence-corrected chi connectivity index (χ1v) is 34.4. The zero-order valence-electron chi connectivity index (χ0n) is 51.5. The van der Waals surface area contributed by atoms with Crippen LogP contribution in [0, 0.1) is 5.92 Å². The minimum absolute atomic E-state index is 0.0607. The van der Waals surface area contributed by atoms with E-state index in [1.165, 1.54) is 295 Å². The highest BCUT2D eigenvalue weighted by atomic mass is 16.6. The SMILES string of the molecule is CCCCCCCCCCCCCCCCCCCCCC(=O)OC[C@H](COC(=O)CCCCCCCCCCCCCCCCCCCCC(C)CC)OC(=O)CCCCCCCCCCCCCCCCCC. The summed E-state index contributed by atoms with van der Waals surface area (Å²) in [5.74, 6) is 0.0881. The van der Waals surface area contributed by atoms with Crippen LogP contribution in [-0.4, -0.2) is 37.2 Å². The minimum atomic E-state index is -0.763. The van der Waals surface area contributed by atoms with E-state index in [1.54, 1.807) is 0 Å². The molecule has 0 heterocycles. The molecule has 0 spiro atoms. The van der Waals surface area contributed by atoms with Crippen LogP contribution in [0.3, 0.4) is 0 Å². The molecule has 0 aliphatic heterocycles. The normalized spacial score (nSPS) is 12.3. The summed E-state index contributed by atoms with van der Waals surface area (Å²) in [5.41, 5.74) is 0. The van der Waals surface area contributed by atoms with Gasteiger partial charge in [-0.3, -0.25) is 14.4 Å². The lowest BCUT2D eigenvalue weighted by atomic mass is 9.99. The van der Waals surface area contributed by atoms with Crippen molar-refractivity contribution in [3.05, 3.63) is 0 Å². The fourth-order valence-electron chi connectivity index (χ4n) is 10.8. The maximum absolute atomic E-state index is 12.9. The van der Waals surface area contributed by atoms with Crippen LogP contribution < -0.4 is 0 Å². The van der Waals surface area contributed by atoms with Crippen LogP contribution in [0.5, 0.6) is 0 Å². The molecule has 0 rings (SSSR count). The van der Waals surface area contributed by atoms with Crippen molar-refractivity contribution in [3.8, 4) is 0 Å². The molecule has 0 fully saturated rings. The Morgan fingerprint density at radius 1 is 0.267 bits per heavy atom. The van der Waals surface area contributed by atoms with E-state index in [-0.39, 0.29) is 31.1 Å². The fraction of sp³-hybridized carbons (Fsp3) is 0.957. The molecule has 0 radical (unpaired) electrons. The highest BCUT2D eigenvalue weighted by molar-refractivity contribution is 5.71. The van der Waals surface area contributed by atoms with Crippen LogP contribution in [0.4, 0.5) is 0 Å². The summed E-state index contributed by atoms with van der Waals surface area (Å²) in [6.45, 7) is 9.15. The molecule has 0 aliphatic rings. The van der Waals surface area contributed by atoms with E-state index in [4.69, 9.17) is 14.2 Å². The first-order valence-electron chi connectivity index (χ1n) is 34.4. The molecule has 0 saturated carbocycles. The van der Waals surface area contributed by atoms with Gasteiger partial charge >= 0.3 is 17.9 Å². The van der Waals surface area contributed by atoms with Crippen molar-refractivity contribution in [3.63, 3.8) is 0 Å². The number of unbranched alkanes of at least 4 members (excludes halogenated alkanes) is 50. The highest BCUT2D eigenvalue weighted by Gasteiger charge is 2.19. The van der Waals surface area contributed by atoms with E-state index < -0.39 is 6.10 Å². The Morgan fingerprint density at radius 3 is 0.693 bits per heavy atom. The van der Waals surface area contributed by atoms with Crippen molar-refractivity contribution in [1.29, 1.82) is 0 Å². The molecule has 0 aliphatic carbocycles. The van der Waals surface area contributed by atoms with Gasteiger partial charge in [0.05, 0.1) is 0 Å². The summed E-state index contributed by atoms with van der Waals surface area (Å²) in [5, 5.41) is 0. The number of rotatable bonds is 64. The van der Waals surface area contributed by atoms with Crippen LogP contribution in [0.15, 0.2) is 0 Å². The second kappa shape index (κ2) is 63.2. The summed E-state index contributed by atoms with van der Waals surface area (Å²) in [6.07, 6.45) is 72.5. The number of esters is 3. The summed E-state index contributed by atoms with van der Waals surface area (Å²) < 4.78 is 17.0. The van der Waals surface area contributed by atoms with Crippen molar-refractivity contribution in [2.24, 2.45) is 5.92 Å². The average Bonchev–Trinajstić information content (AvgIpc) is 3.41. The standard InChI is InChI=1S/C69H134O6/c1-5-8-10-12-14-16-18-20-22-24-25-29-33-36-40-44-48-52-56-60-67(70)73-63-66(75-69(72)62-58-54-50-46-42-38-32-23-21-19-17-15-13-11-9-6-2)64-74-68(71)61-57-53-49-45-41-37-34-30-27-26-28-31-35-39-43-47-51-55-59-65(4)7-3/h65-66H,5-64H2,1-4H3/t65?,66-/m1/s1. The van der Waals surface area contributed by atoms with E-state index >= 15 is 0 Å². The lowest BCUT2D eigenvalue weighted by Crippen LogP contribution is -2.30. The van der Waals surface area contributed by atoms with Gasteiger partial charge in [0, 0.05) is 19.3 Å². The van der Waals surface area contributed by atoms with E-state index in [2.05, 4.69) is 27.7 Å². The predicted octanol–water partition coefficient (Wildman–Crippen LogP) is 23.3. The molecule has 0 aromatic heterocycles. The zero-order valence-corrected chi connectivity index (χ0v) is 51.5. The van der Waals surface area contributed by atoms with Gasteiger partial charge in [0.15, 0.2) is 6.10 Å². The van der Waals surface area contributed by atoms with E-state index in [1.807, 2.05) is 0 Å². The summed E-state index contributed by atoms with van der Waals surface area (Å²) in [6, 6.07) is 0. The van der Waals surface area contributed by atoms with Crippen molar-refractivity contribution in [1.82, 2.24) is 0 Å². The first kappa shape index (κ1) is 73.4. The quantitative estimate of drug-likeness (QED) is 0.0343. The van der Waals surface area contributed by atoms with Gasteiger partial charge < -0.3 is 14.2 Å². The van der Waals surface area contributed by atoms with E-state index in [0.717, 1.165) is 63.7 Å². The number of ether oxygens (including phenoxy) is 3. The van der Waals surface area contributed by atoms with Gasteiger partial charge in [-0.05, 0) is 25.2 Å². The molecule has 446 valence electrons. The molecule has 0 aromatic carbocycles. The maximum atomic E-state index is 12.9. The fourth-order valence-corrected chi connectivity index (χ4v) is 10.8. The Kier molecular flexibility index (Phi) is 61.9. The Bertz CT molecular complexity index is 1140. The van der Waals surface area contributed by atoms with Crippen LogP contribution >= 0.6 is 0 Å². The average molecular weight is 1060 g/mol. The van der Waals surface area contributed by atoms with Crippen LogP contribution in [0.1, 0.15) is 400 Å². The first-order chi connectivity index (χ1) is 36.9. The Hall–Kier alpha value is -1.59. The number of carbonyl (C=O) groups excluding carboxylic acids is 3. The van der Waals surface area contributed by atoms with Gasteiger partial charge in [-0.15, -0.1) is 0 Å². The monoisotopic (exact) mass is 1060 g/mol. The third kappa shape index (κ3) is 61.5. The van der Waals surface area contributed by atoms with E-state index in [9.17, 15) is 14.4 Å². The number of hydrogen-bond donors (Lipinski definition) is 0. The van der Waals surface area contributed by atoms with Crippen molar-refractivity contribution >= 4 is 17.9 Å². The topological polar surface area (TPSA) is 78.9 Å². The summed E-state index contributed by atoms with van der Waals surface area (Å²) in [7, 11) is 0. The Labute approximate surface area is 469 Å². The molecule has 0 bridgehead atoms. The maximum Gasteiger partial charge on any atom is 0.306 e. The van der Waals surface area contributed by atoms with Crippen LogP contribution in [-0.2, 0) is 28.6 Å². The van der Waals surface area contributed by atoms with Gasteiger partial charge in [0.1, 0.15) is 13.2 Å². The molecule has 0 aromatic rings. The van der Waals surface area contributed by atoms with Crippen molar-refractivity contribution in [2.45, 2.75) is 406 Å². The highest BCUT2D eigenvalue weighted by Crippen LogP contribution is 2.20. The van der Waals surface area contributed by atoms with Crippen molar-refractivity contribution in [2.75, 3.05) is 13.2 Å². The molecule has 6 heteroatoms. The van der Waals surface area contributed by atoms with Crippen LogP contribution in [0.2, 0.25) is 0 Å². The second-order valence-corrected chi connectivity index (χ2v) is 24.1. The molecule has 0 saturated heterocycles. The van der Waals surface area contributed by atoms with Gasteiger partial charge in [0.25, 0.3) is 0 Å². The summed E-state index contributed by atoms with van der Waals surface area (Å²) in [4.78, 5) is 38.4. The lowest BCUT2D eigenvalue weighted by molar-refractivity contribution is -0.167. The van der Waals surface area contributed by atoms with Gasteiger partial charge in [0.2, 0.25) is 0 Å². The Morgan fingerprint density at radius 2 is 0.467 bits per heavy atom. The smallest absolute Gasteiger partial charge is 0.306 e. The molecular weight excluding hydrogens is 925 g/mol. The molecule has 6 nitrogen and oxygen atoms in total. The lowest BCUT2D eigenvalue weighted by Gasteiger charge is -2.18. The van der Waals surface area contributed by atoms with Gasteiger partial charge in [-0.25, -0.2) is 0 Å².